The Hall–Kier alpha value is -1.75. The number of hydrogen-bond donors (Lipinski definition) is 1. The minimum absolute atomic E-state index is 0.0419. The molecule has 0 radical (unpaired) electrons. The minimum atomic E-state index is -9.85. The lowest BCUT2D eigenvalue weighted by Gasteiger charge is -2.45. The van der Waals surface area contributed by atoms with Gasteiger partial charge in [-0.2, -0.15) is 0 Å². The first kappa shape index (κ1) is 33.1. The first-order chi connectivity index (χ1) is 18.8. The van der Waals surface area contributed by atoms with Gasteiger partial charge in [0.15, 0.2) is 8.32 Å². The summed E-state index contributed by atoms with van der Waals surface area (Å²) in [6.45, 7) is 19.4. The Kier molecular flexibility index (Phi) is 7.79. The maximum Gasteiger partial charge on any atom is 0.310 e. The van der Waals surface area contributed by atoms with Gasteiger partial charge in [-0.15, -0.1) is 0 Å². The Morgan fingerprint density at radius 2 is 1.64 bits per heavy atom. The lowest BCUT2D eigenvalue weighted by atomic mass is 9.71. The summed E-state index contributed by atoms with van der Waals surface area (Å²) in [6.07, 6.45) is 4.69. The second kappa shape index (κ2) is 9.88. The van der Waals surface area contributed by atoms with Crippen molar-refractivity contribution in [1.29, 1.82) is 0 Å². The highest BCUT2D eigenvalue weighted by Gasteiger charge is 2.65. The molecule has 1 heterocycles. The molecule has 1 N–H and O–H groups in total. The maximum atomic E-state index is 13.5. The van der Waals surface area contributed by atoms with E-state index < -0.39 is 29.5 Å². The Balaban J connectivity index is 1.99. The van der Waals surface area contributed by atoms with Crippen LogP contribution in [0.3, 0.4) is 0 Å². The van der Waals surface area contributed by atoms with E-state index in [4.69, 9.17) is 9.41 Å². The van der Waals surface area contributed by atoms with Crippen LogP contribution in [0.2, 0.25) is 18.1 Å². The van der Waals surface area contributed by atoms with Crippen molar-refractivity contribution in [3.05, 3.63) is 64.0 Å². The molecule has 1 aromatic heterocycles. The zero-order chi connectivity index (χ0) is 31.7. The van der Waals surface area contributed by atoms with Gasteiger partial charge in [0.2, 0.25) is 0 Å². The van der Waals surface area contributed by atoms with Crippen molar-refractivity contribution in [2.75, 3.05) is 0 Å². The lowest BCUT2D eigenvalue weighted by Crippen LogP contribution is -2.44. The van der Waals surface area contributed by atoms with Crippen LogP contribution in [-0.4, -0.2) is 18.4 Å². The molecule has 0 aliphatic heterocycles. The number of fused-ring (bicyclic) bond motifs is 1. The zero-order valence-electron chi connectivity index (χ0n) is 26.3. The molecule has 42 heavy (non-hydrogen) atoms. The van der Waals surface area contributed by atoms with E-state index in [0.717, 1.165) is 66.6 Å². The van der Waals surface area contributed by atoms with Gasteiger partial charge in [-0.3, -0.25) is 4.98 Å². The fourth-order valence-corrected chi connectivity index (χ4v) is 7.88. The smallest absolute Gasteiger partial charge is 0.310 e. The summed E-state index contributed by atoms with van der Waals surface area (Å²) in [5.74, 6) is -0.102. The van der Waals surface area contributed by atoms with Crippen LogP contribution >= 0.6 is 10.2 Å². The molecule has 2 aliphatic rings. The van der Waals surface area contributed by atoms with Crippen LogP contribution in [-0.2, 0) is 10.8 Å². The molecule has 2 atom stereocenters. The molecule has 0 saturated heterocycles. The van der Waals surface area contributed by atoms with Gasteiger partial charge >= 0.3 is 10.2 Å². The molecule has 236 valence electrons. The van der Waals surface area contributed by atoms with E-state index in [1.807, 2.05) is 13.8 Å². The summed E-state index contributed by atoms with van der Waals surface area (Å²) in [5.41, 5.74) is 5.11. The number of aliphatic hydroxyl groups is 1. The van der Waals surface area contributed by atoms with Gasteiger partial charge in [0.25, 0.3) is 0 Å². The van der Waals surface area contributed by atoms with Crippen molar-refractivity contribution in [3.8, 4) is 0 Å². The largest absolute Gasteiger partial charge is 0.410 e. The van der Waals surface area contributed by atoms with Crippen LogP contribution in [0.25, 0.3) is 5.57 Å². The van der Waals surface area contributed by atoms with E-state index in [1.165, 1.54) is 0 Å². The van der Waals surface area contributed by atoms with Gasteiger partial charge < -0.3 is 9.53 Å². The fourth-order valence-electron chi connectivity index (χ4n) is 5.96. The number of aliphatic hydroxyl groups excluding tert-OH is 1. The van der Waals surface area contributed by atoms with Gasteiger partial charge in [0, 0.05) is 22.5 Å². The molecular weight excluding hydrogens is 585 g/mol. The predicted octanol–water partition coefficient (Wildman–Crippen LogP) is 11.5. The van der Waals surface area contributed by atoms with E-state index in [2.05, 4.69) is 53.8 Å². The topological polar surface area (TPSA) is 42.4 Å². The van der Waals surface area contributed by atoms with E-state index in [9.17, 15) is 24.5 Å². The van der Waals surface area contributed by atoms with Gasteiger partial charge in [0.05, 0.1) is 6.10 Å². The first-order valence-electron chi connectivity index (χ1n) is 14.8. The molecule has 0 spiro atoms. The van der Waals surface area contributed by atoms with Crippen molar-refractivity contribution < 1.29 is 29.0 Å². The fraction of sp³-hybridized carbons (Fsp3) is 0.594. The standard InChI is InChI=1S/C32H46F5NO2SSi/c1-20(2)29-28(30(39)22-14-16-23(17-15-22)41(33,34,35,36)37)26(21-12-10-11-13-21)27-24(38-29)18-32(6,7)19-25(27)40-42(8,9)31(3,4)5/h12,14-17,20,25,30,39H,10-11,13,18-19H2,1-9H3/t25-,30+/m0/s1. The van der Waals surface area contributed by atoms with Crippen LogP contribution in [0.1, 0.15) is 126 Å². The maximum absolute atomic E-state index is 13.5. The molecule has 2 aromatic rings. The van der Waals surface area contributed by atoms with Gasteiger partial charge in [-0.05, 0) is 90.4 Å². The zero-order valence-corrected chi connectivity index (χ0v) is 28.1. The van der Waals surface area contributed by atoms with Gasteiger partial charge in [0.1, 0.15) is 11.0 Å². The third-order valence-corrected chi connectivity index (χ3v) is 14.8. The monoisotopic (exact) mass is 631 g/mol. The quantitative estimate of drug-likeness (QED) is 0.244. The van der Waals surface area contributed by atoms with Crippen molar-refractivity contribution in [2.45, 2.75) is 122 Å². The molecule has 0 amide bonds. The summed E-state index contributed by atoms with van der Waals surface area (Å²) in [6, 6.07) is 2.67. The van der Waals surface area contributed by atoms with Crippen molar-refractivity contribution in [1.82, 2.24) is 4.98 Å². The Labute approximate surface area is 248 Å². The average Bonchev–Trinajstić information content (AvgIpc) is 3.34. The molecular formula is C32H46F5NO2SSi. The van der Waals surface area contributed by atoms with Crippen molar-refractivity contribution in [3.63, 3.8) is 0 Å². The molecule has 0 bridgehead atoms. The number of aromatic nitrogens is 1. The van der Waals surface area contributed by atoms with Crippen LogP contribution in [0.5, 0.6) is 0 Å². The highest BCUT2D eigenvalue weighted by atomic mass is 32.5. The van der Waals surface area contributed by atoms with E-state index >= 15 is 0 Å². The SMILES string of the molecule is CC(C)c1nc2c(c(C3=CCCC3)c1[C@H](O)c1ccc(S(F)(F)(F)(F)F)cc1)[C@@H](O[Si](C)(C)C(C)(C)C)CC(C)(C)C2. The highest BCUT2D eigenvalue weighted by Crippen LogP contribution is 3.02. The van der Waals surface area contributed by atoms with Crippen LogP contribution in [0.4, 0.5) is 19.4 Å². The third-order valence-electron chi connectivity index (χ3n) is 9.15. The summed E-state index contributed by atoms with van der Waals surface area (Å²) < 4.78 is 74.4. The second-order valence-electron chi connectivity index (χ2n) is 14.8. The summed E-state index contributed by atoms with van der Waals surface area (Å²) in [5, 5.41) is 11.8. The van der Waals surface area contributed by atoms with E-state index in [-0.39, 0.29) is 28.0 Å². The first-order valence-corrected chi connectivity index (χ1v) is 19.6. The summed E-state index contributed by atoms with van der Waals surface area (Å²) in [7, 11) is -12.1. The Morgan fingerprint density at radius 1 is 1.05 bits per heavy atom. The number of halogens is 5. The minimum Gasteiger partial charge on any atom is -0.410 e. The third kappa shape index (κ3) is 6.66. The Bertz CT molecular complexity index is 1400. The van der Waals surface area contributed by atoms with Crippen LogP contribution < -0.4 is 0 Å². The number of pyridine rings is 1. The summed E-state index contributed by atoms with van der Waals surface area (Å²) in [4.78, 5) is 3.19. The molecule has 0 fully saturated rings. The molecule has 1 aromatic carbocycles. The predicted molar refractivity (Wildman–Crippen MR) is 165 cm³/mol. The molecule has 2 aliphatic carbocycles. The highest BCUT2D eigenvalue weighted by molar-refractivity contribution is 8.45. The van der Waals surface area contributed by atoms with Gasteiger partial charge in [-0.25, -0.2) is 0 Å². The van der Waals surface area contributed by atoms with Crippen LogP contribution in [0.15, 0.2) is 35.2 Å². The van der Waals surface area contributed by atoms with E-state index in [1.54, 1.807) is 0 Å². The van der Waals surface area contributed by atoms with E-state index in [0.29, 0.717) is 23.4 Å². The normalized spacial score (nSPS) is 21.9. The molecule has 0 unspecified atom stereocenters. The van der Waals surface area contributed by atoms with Gasteiger partial charge in [-0.1, -0.05) is 86.1 Å². The van der Waals surface area contributed by atoms with Crippen LogP contribution in [0, 0.1) is 5.41 Å². The number of hydrogen-bond acceptors (Lipinski definition) is 3. The Morgan fingerprint density at radius 3 is 2.12 bits per heavy atom. The number of allylic oxidation sites excluding steroid dienone is 2. The molecule has 4 rings (SSSR count). The number of benzene rings is 1. The van der Waals surface area contributed by atoms with Crippen molar-refractivity contribution >= 4 is 24.1 Å². The number of nitrogens with zero attached hydrogens (tertiary/aromatic N) is 1. The molecule has 0 saturated carbocycles. The average molecular weight is 632 g/mol. The molecule has 3 nitrogen and oxygen atoms in total. The number of rotatable bonds is 7. The second-order valence-corrected chi connectivity index (χ2v) is 21.9. The van der Waals surface area contributed by atoms with Crippen molar-refractivity contribution in [2.24, 2.45) is 5.41 Å². The molecule has 10 heteroatoms. The summed E-state index contributed by atoms with van der Waals surface area (Å²) >= 11 is 0. The lowest BCUT2D eigenvalue weighted by molar-refractivity contribution is 0.105.